The van der Waals surface area contributed by atoms with E-state index in [9.17, 15) is 5.11 Å². The Labute approximate surface area is 101 Å². The van der Waals surface area contributed by atoms with Crippen LogP contribution in [0, 0.1) is 0 Å². The molecule has 1 heterocycles. The van der Waals surface area contributed by atoms with Gasteiger partial charge >= 0.3 is 0 Å². The van der Waals surface area contributed by atoms with E-state index in [1.165, 1.54) is 0 Å². The van der Waals surface area contributed by atoms with E-state index in [1.54, 1.807) is 6.07 Å². The molecule has 88 valence electrons. The quantitative estimate of drug-likeness (QED) is 0.724. The van der Waals surface area contributed by atoms with Gasteiger partial charge in [0.2, 0.25) is 0 Å². The maximum atomic E-state index is 9.84. The molecule has 0 spiro atoms. The molecule has 0 aromatic heterocycles. The molecule has 0 unspecified atom stereocenters. The van der Waals surface area contributed by atoms with E-state index in [0.717, 1.165) is 6.42 Å². The molecular formula is C10H12BrNO4. The summed E-state index contributed by atoms with van der Waals surface area (Å²) in [6.07, 6.45) is 0.791. The highest BCUT2D eigenvalue weighted by Gasteiger charge is 2.20. The minimum absolute atomic E-state index is 0.0470. The Balaban J connectivity index is 2.51. The Morgan fingerprint density at radius 1 is 1.38 bits per heavy atom. The van der Waals surface area contributed by atoms with E-state index in [-0.39, 0.29) is 12.3 Å². The van der Waals surface area contributed by atoms with Gasteiger partial charge in [0.25, 0.3) is 0 Å². The number of aromatic hydroxyl groups is 1. The first-order valence-electron chi connectivity index (χ1n) is 4.91. The smallest absolute Gasteiger partial charge is 0.169 e. The van der Waals surface area contributed by atoms with E-state index in [4.69, 9.17) is 14.7 Å². The van der Waals surface area contributed by atoms with E-state index >= 15 is 0 Å². The van der Waals surface area contributed by atoms with Gasteiger partial charge in [0.15, 0.2) is 11.5 Å². The van der Waals surface area contributed by atoms with Crippen LogP contribution in [0.15, 0.2) is 10.5 Å². The van der Waals surface area contributed by atoms with Crippen LogP contribution in [0.25, 0.3) is 0 Å². The van der Waals surface area contributed by atoms with Gasteiger partial charge in [0.05, 0.1) is 29.8 Å². The second-order valence-electron chi connectivity index (χ2n) is 3.40. The number of fused-ring (bicyclic) bond motifs is 1. The molecule has 0 aliphatic carbocycles. The van der Waals surface area contributed by atoms with Crippen molar-refractivity contribution in [1.82, 2.24) is 5.48 Å². The number of rotatable bonds is 2. The average molecular weight is 290 g/mol. The van der Waals surface area contributed by atoms with Gasteiger partial charge in [-0.25, -0.2) is 5.48 Å². The standard InChI is InChI=1S/C10H12BrNO4/c11-7-4-8-10(16-3-1-2-15-8)6(5-12-14)9(7)13/h4,12-14H,1-3,5H2. The predicted molar refractivity (Wildman–Crippen MR) is 60.0 cm³/mol. The van der Waals surface area contributed by atoms with Gasteiger partial charge in [0, 0.05) is 12.5 Å². The lowest BCUT2D eigenvalue weighted by molar-refractivity contribution is 0.158. The second kappa shape index (κ2) is 4.90. The number of phenolic OH excluding ortho intramolecular Hbond substituents is 1. The zero-order valence-electron chi connectivity index (χ0n) is 8.49. The lowest BCUT2D eigenvalue weighted by atomic mass is 10.1. The van der Waals surface area contributed by atoms with Crippen LogP contribution in [0.5, 0.6) is 17.2 Å². The Bertz CT molecular complexity index is 397. The summed E-state index contributed by atoms with van der Waals surface area (Å²) in [7, 11) is 0. The molecule has 0 atom stereocenters. The minimum Gasteiger partial charge on any atom is -0.506 e. The summed E-state index contributed by atoms with van der Waals surface area (Å²) in [6, 6.07) is 1.66. The van der Waals surface area contributed by atoms with Gasteiger partial charge in [0.1, 0.15) is 5.75 Å². The molecule has 0 amide bonds. The van der Waals surface area contributed by atoms with E-state index in [2.05, 4.69) is 15.9 Å². The summed E-state index contributed by atoms with van der Waals surface area (Å²) in [4.78, 5) is 0. The first-order chi connectivity index (χ1) is 7.74. The summed E-state index contributed by atoms with van der Waals surface area (Å²) >= 11 is 3.23. The van der Waals surface area contributed by atoms with Crippen LogP contribution in [-0.4, -0.2) is 23.5 Å². The number of benzene rings is 1. The van der Waals surface area contributed by atoms with Crippen molar-refractivity contribution >= 4 is 15.9 Å². The zero-order chi connectivity index (χ0) is 11.5. The van der Waals surface area contributed by atoms with Crippen LogP contribution in [0.2, 0.25) is 0 Å². The van der Waals surface area contributed by atoms with Gasteiger partial charge < -0.3 is 19.8 Å². The lowest BCUT2D eigenvalue weighted by Crippen LogP contribution is -2.09. The molecule has 0 bridgehead atoms. The molecule has 5 nitrogen and oxygen atoms in total. The number of phenols is 1. The highest BCUT2D eigenvalue weighted by molar-refractivity contribution is 9.10. The molecule has 2 rings (SSSR count). The van der Waals surface area contributed by atoms with E-state index < -0.39 is 0 Å². The Morgan fingerprint density at radius 2 is 2.12 bits per heavy atom. The van der Waals surface area contributed by atoms with Crippen LogP contribution in [0.3, 0.4) is 0 Å². The maximum Gasteiger partial charge on any atom is 0.169 e. The third kappa shape index (κ3) is 2.09. The number of hydrogen-bond donors (Lipinski definition) is 3. The Hall–Kier alpha value is -0.980. The number of hydroxylamine groups is 1. The molecule has 1 aliphatic rings. The third-order valence-electron chi connectivity index (χ3n) is 2.32. The SMILES string of the molecule is ONCc1c(O)c(Br)cc2c1OCCCO2. The zero-order valence-corrected chi connectivity index (χ0v) is 10.1. The van der Waals surface area contributed by atoms with Gasteiger partial charge in [-0.1, -0.05) is 0 Å². The van der Waals surface area contributed by atoms with Crippen molar-refractivity contribution in [3.8, 4) is 17.2 Å². The number of halogens is 1. The molecule has 0 radical (unpaired) electrons. The summed E-state index contributed by atoms with van der Waals surface area (Å²) in [5.41, 5.74) is 2.49. The monoisotopic (exact) mass is 289 g/mol. The number of ether oxygens (including phenoxy) is 2. The van der Waals surface area contributed by atoms with Gasteiger partial charge in [-0.3, -0.25) is 0 Å². The lowest BCUT2D eigenvalue weighted by Gasteiger charge is -2.14. The van der Waals surface area contributed by atoms with Crippen molar-refractivity contribution in [2.24, 2.45) is 0 Å². The molecule has 0 saturated heterocycles. The van der Waals surface area contributed by atoms with Crippen molar-refractivity contribution in [1.29, 1.82) is 0 Å². The van der Waals surface area contributed by atoms with Crippen LogP contribution >= 0.6 is 15.9 Å². The first-order valence-corrected chi connectivity index (χ1v) is 5.70. The third-order valence-corrected chi connectivity index (χ3v) is 2.92. The summed E-state index contributed by atoms with van der Waals surface area (Å²) in [6.45, 7) is 1.21. The van der Waals surface area contributed by atoms with Crippen molar-refractivity contribution in [3.05, 3.63) is 16.1 Å². The van der Waals surface area contributed by atoms with E-state index in [1.807, 2.05) is 5.48 Å². The molecule has 3 N–H and O–H groups in total. The van der Waals surface area contributed by atoms with Crippen molar-refractivity contribution in [2.45, 2.75) is 13.0 Å². The molecule has 16 heavy (non-hydrogen) atoms. The van der Waals surface area contributed by atoms with Crippen LogP contribution in [0.4, 0.5) is 0 Å². The van der Waals surface area contributed by atoms with Crippen LogP contribution in [0.1, 0.15) is 12.0 Å². The van der Waals surface area contributed by atoms with E-state index in [0.29, 0.717) is 34.7 Å². The van der Waals surface area contributed by atoms with Gasteiger partial charge in [-0.05, 0) is 15.9 Å². The molecule has 1 aromatic carbocycles. The predicted octanol–water partition coefficient (Wildman–Crippen LogP) is 1.79. The molecule has 6 heteroatoms. The maximum absolute atomic E-state index is 9.84. The molecule has 1 aliphatic heterocycles. The number of hydrogen-bond acceptors (Lipinski definition) is 5. The normalized spacial score (nSPS) is 14.6. The highest BCUT2D eigenvalue weighted by Crippen LogP contribution is 2.43. The Morgan fingerprint density at radius 3 is 2.88 bits per heavy atom. The highest BCUT2D eigenvalue weighted by atomic mass is 79.9. The molecular weight excluding hydrogens is 278 g/mol. The van der Waals surface area contributed by atoms with Crippen LogP contribution in [-0.2, 0) is 6.54 Å². The summed E-state index contributed by atoms with van der Waals surface area (Å²) in [5, 5.41) is 18.6. The van der Waals surface area contributed by atoms with Gasteiger partial charge in [-0.2, -0.15) is 0 Å². The molecule has 0 fully saturated rings. The van der Waals surface area contributed by atoms with Crippen molar-refractivity contribution in [3.63, 3.8) is 0 Å². The summed E-state index contributed by atoms with van der Waals surface area (Å²) < 4.78 is 11.5. The molecule has 0 saturated carbocycles. The second-order valence-corrected chi connectivity index (χ2v) is 4.25. The van der Waals surface area contributed by atoms with Gasteiger partial charge in [-0.15, -0.1) is 0 Å². The first kappa shape index (κ1) is 11.5. The fourth-order valence-electron chi connectivity index (χ4n) is 1.57. The largest absolute Gasteiger partial charge is 0.506 e. The van der Waals surface area contributed by atoms with Crippen LogP contribution < -0.4 is 15.0 Å². The Kier molecular flexibility index (Phi) is 3.52. The summed E-state index contributed by atoms with van der Waals surface area (Å²) in [5.74, 6) is 1.11. The number of nitrogens with one attached hydrogen (secondary N) is 1. The minimum atomic E-state index is 0.0470. The average Bonchev–Trinajstić information content (AvgIpc) is 2.50. The fourth-order valence-corrected chi connectivity index (χ4v) is 2.02. The van der Waals surface area contributed by atoms with Crippen molar-refractivity contribution < 1.29 is 19.8 Å². The molecule has 1 aromatic rings. The van der Waals surface area contributed by atoms with Crippen molar-refractivity contribution in [2.75, 3.05) is 13.2 Å². The topological polar surface area (TPSA) is 71.0 Å². The fraction of sp³-hybridized carbons (Fsp3) is 0.400.